The van der Waals surface area contributed by atoms with Crippen LogP contribution in [-0.4, -0.2) is 54.8 Å². The fourth-order valence-electron chi connectivity index (χ4n) is 4.25. The highest BCUT2D eigenvalue weighted by Crippen LogP contribution is 2.26. The van der Waals surface area contributed by atoms with Gasteiger partial charge in [-0.05, 0) is 51.4 Å². The lowest BCUT2D eigenvalue weighted by Crippen LogP contribution is -2.46. The number of nitrogens with zero attached hydrogens (tertiary/aromatic N) is 3. The van der Waals surface area contributed by atoms with Gasteiger partial charge in [0.2, 0.25) is 10.0 Å². The molecule has 2 aromatic rings. The molecular weight excluding hydrogens is 382 g/mol. The summed E-state index contributed by atoms with van der Waals surface area (Å²) in [5.41, 5.74) is 0. The Balaban J connectivity index is 1.86. The van der Waals surface area contributed by atoms with Crippen LogP contribution in [0.3, 0.4) is 0 Å². The number of benzene rings is 1. The minimum Gasteiger partial charge on any atom is -0.299 e. The Morgan fingerprint density at radius 2 is 1.90 bits per heavy atom. The van der Waals surface area contributed by atoms with Crippen LogP contribution >= 0.6 is 0 Å². The number of hydrogen-bond acceptors (Lipinski definition) is 4. The van der Waals surface area contributed by atoms with Crippen molar-refractivity contribution in [1.82, 2.24) is 14.2 Å². The lowest BCUT2D eigenvalue weighted by molar-refractivity contribution is 0.153. The van der Waals surface area contributed by atoms with Gasteiger partial charge in [0.25, 0.3) is 0 Å². The Morgan fingerprint density at radius 1 is 1.10 bits per heavy atom. The molecule has 1 unspecified atom stereocenters. The number of likely N-dealkylation sites (tertiary alicyclic amines) is 1. The van der Waals surface area contributed by atoms with Crippen molar-refractivity contribution in [3.8, 4) is 0 Å². The van der Waals surface area contributed by atoms with E-state index in [9.17, 15) is 8.42 Å². The van der Waals surface area contributed by atoms with Crippen molar-refractivity contribution in [2.24, 2.45) is 0 Å². The fraction of sp³-hybridized carbons (Fsp3) is 0.609. The third-order valence-corrected chi connectivity index (χ3v) is 7.92. The molecule has 1 aliphatic heterocycles. The molecule has 1 aromatic carbocycles. The lowest BCUT2D eigenvalue weighted by Gasteiger charge is -2.35. The third kappa shape index (κ3) is 5.56. The molecule has 3 rings (SSSR count). The predicted molar refractivity (Wildman–Crippen MR) is 120 cm³/mol. The highest BCUT2D eigenvalue weighted by Gasteiger charge is 2.29. The zero-order chi connectivity index (χ0) is 20.7. The molecule has 0 amide bonds. The minimum atomic E-state index is -3.57. The summed E-state index contributed by atoms with van der Waals surface area (Å²) in [7, 11) is -3.57. The molecular formula is C23H35N3O2S. The van der Waals surface area contributed by atoms with Crippen LogP contribution in [0.2, 0.25) is 0 Å². The second-order valence-electron chi connectivity index (χ2n) is 8.22. The van der Waals surface area contributed by atoms with Crippen LogP contribution in [0.1, 0.15) is 58.8 Å². The Bertz CT molecular complexity index is 873. The molecule has 5 nitrogen and oxygen atoms in total. The van der Waals surface area contributed by atoms with Crippen molar-refractivity contribution in [1.29, 1.82) is 0 Å². The largest absolute Gasteiger partial charge is 0.299 e. The maximum absolute atomic E-state index is 13.7. The summed E-state index contributed by atoms with van der Waals surface area (Å²) in [6, 6.07) is 7.52. The summed E-state index contributed by atoms with van der Waals surface area (Å²) in [5.74, 6) is 0. The van der Waals surface area contributed by atoms with Crippen LogP contribution < -0.4 is 0 Å². The van der Waals surface area contributed by atoms with Crippen LogP contribution in [0.5, 0.6) is 0 Å². The van der Waals surface area contributed by atoms with Crippen molar-refractivity contribution >= 4 is 20.8 Å². The zero-order valence-electron chi connectivity index (χ0n) is 17.9. The predicted octanol–water partition coefficient (Wildman–Crippen LogP) is 4.68. The van der Waals surface area contributed by atoms with E-state index in [-0.39, 0.29) is 6.04 Å². The molecule has 2 heterocycles. The van der Waals surface area contributed by atoms with E-state index < -0.39 is 10.0 Å². The summed E-state index contributed by atoms with van der Waals surface area (Å²) >= 11 is 0. The van der Waals surface area contributed by atoms with Gasteiger partial charge in [-0.15, -0.1) is 0 Å². The summed E-state index contributed by atoms with van der Waals surface area (Å²) in [4.78, 5) is 7.00. The lowest BCUT2D eigenvalue weighted by atomic mass is 10.1. The number of unbranched alkanes of at least 4 members (excludes halogenated alkanes) is 3. The van der Waals surface area contributed by atoms with Crippen LogP contribution in [-0.2, 0) is 10.0 Å². The second kappa shape index (κ2) is 10.5. The van der Waals surface area contributed by atoms with Crippen molar-refractivity contribution in [2.75, 3.05) is 26.2 Å². The first kappa shape index (κ1) is 22.2. The average molecular weight is 418 g/mol. The number of rotatable bonds is 10. The van der Waals surface area contributed by atoms with E-state index in [1.54, 1.807) is 22.8 Å². The first-order chi connectivity index (χ1) is 14.0. The Morgan fingerprint density at radius 3 is 2.66 bits per heavy atom. The number of hydrogen-bond donors (Lipinski definition) is 0. The standard InChI is InChI=1S/C23H35N3O2S/c1-3-4-5-9-17-26(19-20(2)25-15-7-6-8-16-25)29(27,28)23-12-10-11-21-18-24-14-13-22(21)23/h10-14,18,20H,3-9,15-17,19H2,1-2H3. The summed E-state index contributed by atoms with van der Waals surface area (Å²) in [6.07, 6.45) is 11.4. The molecule has 0 saturated carbocycles. The molecule has 0 spiro atoms. The molecule has 0 N–H and O–H groups in total. The topological polar surface area (TPSA) is 53.5 Å². The van der Waals surface area contributed by atoms with Gasteiger partial charge in [0.15, 0.2) is 0 Å². The Labute approximate surface area is 176 Å². The van der Waals surface area contributed by atoms with Gasteiger partial charge in [0.05, 0.1) is 4.90 Å². The average Bonchev–Trinajstić information content (AvgIpc) is 2.75. The van der Waals surface area contributed by atoms with Gasteiger partial charge in [-0.2, -0.15) is 4.31 Å². The van der Waals surface area contributed by atoms with Gasteiger partial charge in [-0.25, -0.2) is 8.42 Å². The number of aromatic nitrogens is 1. The molecule has 1 aliphatic rings. The van der Waals surface area contributed by atoms with Gasteiger partial charge in [0.1, 0.15) is 0 Å². The van der Waals surface area contributed by atoms with Crippen LogP contribution in [0.15, 0.2) is 41.6 Å². The number of piperidine rings is 1. The van der Waals surface area contributed by atoms with Crippen molar-refractivity contribution in [2.45, 2.75) is 69.7 Å². The van der Waals surface area contributed by atoms with Gasteiger partial charge >= 0.3 is 0 Å². The van der Waals surface area contributed by atoms with E-state index in [1.165, 1.54) is 19.3 Å². The van der Waals surface area contributed by atoms with Gasteiger partial charge in [-0.1, -0.05) is 44.7 Å². The third-order valence-electron chi connectivity index (χ3n) is 6.00. The van der Waals surface area contributed by atoms with Crippen LogP contribution in [0.4, 0.5) is 0 Å². The molecule has 0 radical (unpaired) electrons. The highest BCUT2D eigenvalue weighted by molar-refractivity contribution is 7.89. The molecule has 0 bridgehead atoms. The molecule has 6 heteroatoms. The van der Waals surface area contributed by atoms with Crippen molar-refractivity contribution < 1.29 is 8.42 Å². The fourth-order valence-corrected chi connectivity index (χ4v) is 6.02. The maximum atomic E-state index is 13.7. The first-order valence-corrected chi connectivity index (χ1v) is 12.5. The summed E-state index contributed by atoms with van der Waals surface area (Å²) < 4.78 is 29.2. The molecule has 1 saturated heterocycles. The smallest absolute Gasteiger partial charge is 0.243 e. The quantitative estimate of drug-likeness (QED) is 0.527. The number of fused-ring (bicyclic) bond motifs is 1. The summed E-state index contributed by atoms with van der Waals surface area (Å²) in [6.45, 7) is 7.64. The van der Waals surface area contributed by atoms with Gasteiger partial charge < -0.3 is 0 Å². The van der Waals surface area contributed by atoms with E-state index in [0.29, 0.717) is 18.0 Å². The second-order valence-corrected chi connectivity index (χ2v) is 10.1. The normalized spacial score (nSPS) is 17.1. The molecule has 0 aliphatic carbocycles. The van der Waals surface area contributed by atoms with Crippen LogP contribution in [0, 0.1) is 0 Å². The molecule has 1 atom stereocenters. The molecule has 160 valence electrons. The highest BCUT2D eigenvalue weighted by atomic mass is 32.2. The number of sulfonamides is 1. The zero-order valence-corrected chi connectivity index (χ0v) is 18.7. The minimum absolute atomic E-state index is 0.230. The van der Waals surface area contributed by atoms with E-state index in [2.05, 4.69) is 23.7 Å². The maximum Gasteiger partial charge on any atom is 0.243 e. The SMILES string of the molecule is CCCCCCN(CC(C)N1CCCCC1)S(=O)(=O)c1cccc2cnccc12. The Hall–Kier alpha value is -1.50. The molecule has 1 fully saturated rings. The van der Waals surface area contributed by atoms with Crippen LogP contribution in [0.25, 0.3) is 10.8 Å². The van der Waals surface area contributed by atoms with E-state index in [0.717, 1.165) is 49.5 Å². The van der Waals surface area contributed by atoms with E-state index in [4.69, 9.17) is 0 Å². The van der Waals surface area contributed by atoms with E-state index in [1.807, 2.05) is 18.2 Å². The molecule has 1 aromatic heterocycles. The van der Waals surface area contributed by atoms with Gasteiger partial charge in [-0.3, -0.25) is 9.88 Å². The number of pyridine rings is 1. The van der Waals surface area contributed by atoms with Crippen molar-refractivity contribution in [3.05, 3.63) is 36.7 Å². The molecule has 29 heavy (non-hydrogen) atoms. The monoisotopic (exact) mass is 417 g/mol. The van der Waals surface area contributed by atoms with E-state index >= 15 is 0 Å². The summed E-state index contributed by atoms with van der Waals surface area (Å²) in [5, 5.41) is 1.62. The first-order valence-electron chi connectivity index (χ1n) is 11.1. The van der Waals surface area contributed by atoms with Gasteiger partial charge in [0, 0.05) is 42.3 Å². The van der Waals surface area contributed by atoms with Crippen molar-refractivity contribution in [3.63, 3.8) is 0 Å². The Kier molecular flexibility index (Phi) is 8.04.